The molecule has 0 bridgehead atoms. The van der Waals surface area contributed by atoms with Gasteiger partial charge in [-0.05, 0) is 31.3 Å². The zero-order valence-electron chi connectivity index (χ0n) is 11.4. The minimum atomic E-state index is -0.0325. The molecule has 1 aliphatic rings. The van der Waals surface area contributed by atoms with Gasteiger partial charge in [-0.1, -0.05) is 0 Å². The van der Waals surface area contributed by atoms with Crippen molar-refractivity contribution in [3.05, 3.63) is 24.3 Å². The van der Waals surface area contributed by atoms with E-state index in [-0.39, 0.29) is 5.91 Å². The minimum absolute atomic E-state index is 0.0325. The predicted octanol–water partition coefficient (Wildman–Crippen LogP) is 0.726. The summed E-state index contributed by atoms with van der Waals surface area (Å²) in [7, 11) is 2.15. The Hall–Kier alpha value is -1.59. The molecule has 1 aliphatic heterocycles. The number of anilines is 2. The fourth-order valence-corrected chi connectivity index (χ4v) is 2.17. The molecule has 1 fully saturated rings. The third kappa shape index (κ3) is 3.94. The van der Waals surface area contributed by atoms with Gasteiger partial charge in [0.05, 0.1) is 0 Å². The van der Waals surface area contributed by atoms with Crippen molar-refractivity contribution < 1.29 is 4.79 Å². The second kappa shape index (κ2) is 6.54. The maximum Gasteiger partial charge on any atom is 0.225 e. The molecule has 0 atom stereocenters. The van der Waals surface area contributed by atoms with Crippen LogP contribution in [0.4, 0.5) is 11.4 Å². The molecule has 0 aromatic heterocycles. The first-order chi connectivity index (χ1) is 9.19. The third-order valence-electron chi connectivity index (χ3n) is 3.39. The van der Waals surface area contributed by atoms with Gasteiger partial charge in [-0.15, -0.1) is 0 Å². The fourth-order valence-electron chi connectivity index (χ4n) is 2.17. The van der Waals surface area contributed by atoms with Crippen LogP contribution in [0.5, 0.6) is 0 Å². The summed E-state index contributed by atoms with van der Waals surface area (Å²) < 4.78 is 0. The van der Waals surface area contributed by atoms with Crippen LogP contribution in [0.1, 0.15) is 6.42 Å². The molecule has 1 aromatic rings. The molecule has 0 spiro atoms. The van der Waals surface area contributed by atoms with Gasteiger partial charge in [-0.2, -0.15) is 0 Å². The molecular weight excluding hydrogens is 240 g/mol. The van der Waals surface area contributed by atoms with Crippen molar-refractivity contribution >= 4 is 17.3 Å². The fraction of sp³-hybridized carbons (Fsp3) is 0.500. The van der Waals surface area contributed by atoms with E-state index in [4.69, 9.17) is 5.73 Å². The highest BCUT2D eigenvalue weighted by Gasteiger charge is 2.13. The number of hydrogen-bond acceptors (Lipinski definition) is 4. The Kier molecular flexibility index (Phi) is 4.76. The standard InChI is InChI=1S/C14H22N4O/c1-17-8-10-18(11-9-17)13-4-2-12(3-5-13)16-14(19)6-7-15/h2-5H,6-11,15H2,1H3,(H,16,19). The van der Waals surface area contributed by atoms with Crippen LogP contribution in [0.25, 0.3) is 0 Å². The van der Waals surface area contributed by atoms with E-state index in [1.54, 1.807) is 0 Å². The van der Waals surface area contributed by atoms with Gasteiger partial charge in [0.25, 0.3) is 0 Å². The van der Waals surface area contributed by atoms with E-state index in [0.717, 1.165) is 31.9 Å². The smallest absolute Gasteiger partial charge is 0.225 e. The van der Waals surface area contributed by atoms with Crippen molar-refractivity contribution in [2.24, 2.45) is 5.73 Å². The van der Waals surface area contributed by atoms with Crippen LogP contribution in [0.3, 0.4) is 0 Å². The third-order valence-corrected chi connectivity index (χ3v) is 3.39. The van der Waals surface area contributed by atoms with E-state index in [0.29, 0.717) is 13.0 Å². The molecule has 5 nitrogen and oxygen atoms in total. The summed E-state index contributed by atoms with van der Waals surface area (Å²) in [5.74, 6) is -0.0325. The largest absolute Gasteiger partial charge is 0.369 e. The van der Waals surface area contributed by atoms with Crippen molar-refractivity contribution in [2.75, 3.05) is 50.0 Å². The molecule has 1 amide bonds. The van der Waals surface area contributed by atoms with Gasteiger partial charge in [0.1, 0.15) is 0 Å². The molecule has 0 saturated carbocycles. The zero-order valence-corrected chi connectivity index (χ0v) is 11.4. The molecule has 0 aliphatic carbocycles. The SMILES string of the molecule is CN1CCN(c2ccc(NC(=O)CCN)cc2)CC1. The Balaban J connectivity index is 1.92. The first kappa shape index (κ1) is 13.8. The number of rotatable bonds is 4. The number of likely N-dealkylation sites (N-methyl/N-ethyl adjacent to an activating group) is 1. The molecule has 1 saturated heterocycles. The predicted molar refractivity (Wildman–Crippen MR) is 78.5 cm³/mol. The molecule has 5 heteroatoms. The molecule has 3 N–H and O–H groups in total. The van der Waals surface area contributed by atoms with Crippen LogP contribution in [0, 0.1) is 0 Å². The quantitative estimate of drug-likeness (QED) is 0.839. The van der Waals surface area contributed by atoms with Crippen LogP contribution in [0.15, 0.2) is 24.3 Å². The summed E-state index contributed by atoms with van der Waals surface area (Å²) >= 11 is 0. The lowest BCUT2D eigenvalue weighted by Gasteiger charge is -2.34. The van der Waals surface area contributed by atoms with E-state index in [1.165, 1.54) is 5.69 Å². The van der Waals surface area contributed by atoms with Crippen LogP contribution in [0.2, 0.25) is 0 Å². The summed E-state index contributed by atoms with van der Waals surface area (Å²) in [6.07, 6.45) is 0.361. The first-order valence-electron chi connectivity index (χ1n) is 6.72. The lowest BCUT2D eigenvalue weighted by Crippen LogP contribution is -2.44. The van der Waals surface area contributed by atoms with Crippen LogP contribution < -0.4 is 16.0 Å². The Morgan fingerprint density at radius 3 is 2.42 bits per heavy atom. The van der Waals surface area contributed by atoms with E-state index < -0.39 is 0 Å². The topological polar surface area (TPSA) is 61.6 Å². The lowest BCUT2D eigenvalue weighted by atomic mass is 10.2. The number of nitrogens with one attached hydrogen (secondary N) is 1. The van der Waals surface area contributed by atoms with Crippen molar-refractivity contribution in [3.63, 3.8) is 0 Å². The second-order valence-electron chi connectivity index (χ2n) is 4.92. The summed E-state index contributed by atoms with van der Waals surface area (Å²) in [4.78, 5) is 16.1. The Labute approximate surface area is 114 Å². The number of nitrogens with zero attached hydrogens (tertiary/aromatic N) is 2. The average molecular weight is 262 g/mol. The number of carbonyl (C=O) groups is 1. The van der Waals surface area contributed by atoms with Gasteiger partial charge in [-0.3, -0.25) is 4.79 Å². The van der Waals surface area contributed by atoms with Crippen LogP contribution in [-0.4, -0.2) is 50.6 Å². The molecule has 19 heavy (non-hydrogen) atoms. The highest BCUT2D eigenvalue weighted by Crippen LogP contribution is 2.19. The Bertz CT molecular complexity index is 410. The number of benzene rings is 1. The summed E-state index contributed by atoms with van der Waals surface area (Å²) in [5, 5.41) is 2.83. The first-order valence-corrected chi connectivity index (χ1v) is 6.72. The van der Waals surface area contributed by atoms with Crippen LogP contribution in [-0.2, 0) is 4.79 Å². The molecule has 1 aromatic carbocycles. The highest BCUT2D eigenvalue weighted by molar-refractivity contribution is 5.90. The van der Waals surface area contributed by atoms with E-state index in [1.807, 2.05) is 12.1 Å². The van der Waals surface area contributed by atoms with E-state index >= 15 is 0 Å². The summed E-state index contributed by atoms with van der Waals surface area (Å²) in [6.45, 7) is 4.67. The zero-order chi connectivity index (χ0) is 13.7. The van der Waals surface area contributed by atoms with Gasteiger partial charge >= 0.3 is 0 Å². The minimum Gasteiger partial charge on any atom is -0.369 e. The maximum atomic E-state index is 11.4. The monoisotopic (exact) mass is 262 g/mol. The lowest BCUT2D eigenvalue weighted by molar-refractivity contribution is -0.116. The molecule has 0 radical (unpaired) electrons. The van der Waals surface area contributed by atoms with Crippen molar-refractivity contribution in [1.82, 2.24) is 4.90 Å². The normalized spacial score (nSPS) is 16.4. The summed E-state index contributed by atoms with van der Waals surface area (Å²) in [5.41, 5.74) is 7.39. The molecular formula is C14H22N4O. The van der Waals surface area contributed by atoms with Gasteiger partial charge in [0.15, 0.2) is 0 Å². The van der Waals surface area contributed by atoms with Crippen molar-refractivity contribution in [2.45, 2.75) is 6.42 Å². The average Bonchev–Trinajstić information content (AvgIpc) is 2.41. The van der Waals surface area contributed by atoms with Crippen LogP contribution >= 0.6 is 0 Å². The number of piperazine rings is 1. The van der Waals surface area contributed by atoms with E-state index in [9.17, 15) is 4.79 Å². The van der Waals surface area contributed by atoms with E-state index in [2.05, 4.69) is 34.3 Å². The van der Waals surface area contributed by atoms with Gasteiger partial charge in [0, 0.05) is 50.5 Å². The van der Waals surface area contributed by atoms with Crippen molar-refractivity contribution in [3.8, 4) is 0 Å². The van der Waals surface area contributed by atoms with Gasteiger partial charge in [-0.25, -0.2) is 0 Å². The molecule has 104 valence electrons. The van der Waals surface area contributed by atoms with Gasteiger partial charge in [0.2, 0.25) is 5.91 Å². The number of carbonyl (C=O) groups excluding carboxylic acids is 1. The molecule has 1 heterocycles. The number of nitrogens with two attached hydrogens (primary N) is 1. The Morgan fingerprint density at radius 2 is 1.84 bits per heavy atom. The maximum absolute atomic E-state index is 11.4. The summed E-state index contributed by atoms with van der Waals surface area (Å²) in [6, 6.07) is 8.01. The molecule has 0 unspecified atom stereocenters. The number of amides is 1. The highest BCUT2D eigenvalue weighted by atomic mass is 16.1. The molecule has 2 rings (SSSR count). The van der Waals surface area contributed by atoms with Gasteiger partial charge < -0.3 is 20.9 Å². The van der Waals surface area contributed by atoms with Crippen molar-refractivity contribution in [1.29, 1.82) is 0 Å². The second-order valence-corrected chi connectivity index (χ2v) is 4.92. The number of hydrogen-bond donors (Lipinski definition) is 2. The Morgan fingerprint density at radius 1 is 1.21 bits per heavy atom.